The maximum Gasteiger partial charge on any atom is 0.269 e. The van der Waals surface area contributed by atoms with Crippen molar-refractivity contribution < 1.29 is 9.66 Å². The highest BCUT2D eigenvalue weighted by Gasteiger charge is 2.19. The van der Waals surface area contributed by atoms with Crippen LogP contribution < -0.4 is 5.32 Å². The summed E-state index contributed by atoms with van der Waals surface area (Å²) in [5.74, 6) is 0.918. The second kappa shape index (κ2) is 8.10. The van der Waals surface area contributed by atoms with Crippen molar-refractivity contribution in [3.63, 3.8) is 0 Å². The maximum absolute atomic E-state index is 10.7. The van der Waals surface area contributed by atoms with Gasteiger partial charge in [-0.25, -0.2) is 4.99 Å². The molecule has 7 heteroatoms. The molecule has 0 radical (unpaired) electrons. The van der Waals surface area contributed by atoms with E-state index in [4.69, 9.17) is 9.73 Å². The maximum atomic E-state index is 10.7. The summed E-state index contributed by atoms with van der Waals surface area (Å²) in [6.07, 6.45) is 4.89. The summed E-state index contributed by atoms with van der Waals surface area (Å²) >= 11 is 0. The summed E-state index contributed by atoms with van der Waals surface area (Å²) < 4.78 is 5.66. The first-order valence-electron chi connectivity index (χ1n) is 8.60. The number of benzene rings is 1. The van der Waals surface area contributed by atoms with Gasteiger partial charge in [-0.3, -0.25) is 10.1 Å². The van der Waals surface area contributed by atoms with Gasteiger partial charge in [0.05, 0.1) is 17.6 Å². The molecule has 24 heavy (non-hydrogen) atoms. The molecule has 0 amide bonds. The van der Waals surface area contributed by atoms with Crippen LogP contribution in [0.25, 0.3) is 0 Å². The molecule has 130 valence electrons. The van der Waals surface area contributed by atoms with Crippen molar-refractivity contribution in [2.24, 2.45) is 4.99 Å². The predicted molar refractivity (Wildman–Crippen MR) is 92.0 cm³/mol. The molecule has 1 unspecified atom stereocenters. The minimum atomic E-state index is -0.383. The number of non-ortho nitro benzene ring substituents is 1. The van der Waals surface area contributed by atoms with Crippen molar-refractivity contribution in [3.05, 3.63) is 39.9 Å². The third-order valence-electron chi connectivity index (χ3n) is 4.48. The summed E-state index contributed by atoms with van der Waals surface area (Å²) in [6, 6.07) is 6.59. The molecule has 1 N–H and O–H groups in total. The highest BCUT2D eigenvalue weighted by molar-refractivity contribution is 5.80. The predicted octanol–water partition coefficient (Wildman–Crippen LogP) is 2.32. The molecule has 3 rings (SSSR count). The van der Waals surface area contributed by atoms with Gasteiger partial charge in [-0.1, -0.05) is 12.1 Å². The highest BCUT2D eigenvalue weighted by Crippen LogP contribution is 2.14. The molecular formula is C17H24N4O3. The minimum Gasteiger partial charge on any atom is -0.376 e. The second-order valence-electron chi connectivity index (χ2n) is 6.27. The summed E-state index contributed by atoms with van der Waals surface area (Å²) in [7, 11) is 0. The second-order valence-corrected chi connectivity index (χ2v) is 6.27. The molecule has 1 atom stereocenters. The van der Waals surface area contributed by atoms with Crippen LogP contribution in [0.1, 0.15) is 31.2 Å². The molecule has 7 nitrogen and oxygen atoms in total. The summed E-state index contributed by atoms with van der Waals surface area (Å²) in [5.41, 5.74) is 1.08. The summed E-state index contributed by atoms with van der Waals surface area (Å²) in [6.45, 7) is 4.21. The first-order valence-corrected chi connectivity index (χ1v) is 8.60. The average Bonchev–Trinajstić information content (AvgIpc) is 3.29. The Morgan fingerprint density at radius 2 is 2.04 bits per heavy atom. The molecule has 0 spiro atoms. The minimum absolute atomic E-state index is 0.110. The lowest BCUT2D eigenvalue weighted by Gasteiger charge is -2.23. The molecule has 2 heterocycles. The SMILES string of the molecule is O=[N+]([O-])c1ccc(CN=C(NCC2CCCO2)N2CCCC2)cc1. The fourth-order valence-corrected chi connectivity index (χ4v) is 3.10. The molecule has 1 aromatic carbocycles. The van der Waals surface area contributed by atoms with Crippen molar-refractivity contribution in [2.45, 2.75) is 38.3 Å². The molecule has 2 fully saturated rings. The lowest BCUT2D eigenvalue weighted by atomic mass is 10.2. The van der Waals surface area contributed by atoms with Crippen molar-refractivity contribution >= 4 is 11.6 Å². The van der Waals surface area contributed by atoms with Gasteiger partial charge in [0, 0.05) is 38.4 Å². The van der Waals surface area contributed by atoms with Crippen molar-refractivity contribution in [1.29, 1.82) is 0 Å². The Morgan fingerprint density at radius 1 is 1.29 bits per heavy atom. The van der Waals surface area contributed by atoms with Gasteiger partial charge in [0.1, 0.15) is 0 Å². The van der Waals surface area contributed by atoms with E-state index in [2.05, 4.69) is 10.2 Å². The molecular weight excluding hydrogens is 308 g/mol. The van der Waals surface area contributed by atoms with Crippen molar-refractivity contribution in [3.8, 4) is 0 Å². The van der Waals surface area contributed by atoms with Crippen LogP contribution in [-0.4, -0.2) is 48.1 Å². The fraction of sp³-hybridized carbons (Fsp3) is 0.588. The van der Waals surface area contributed by atoms with Gasteiger partial charge in [-0.05, 0) is 31.2 Å². The Balaban J connectivity index is 1.62. The number of nitrogens with one attached hydrogen (secondary N) is 1. The van der Waals surface area contributed by atoms with Gasteiger partial charge in [0.25, 0.3) is 5.69 Å². The third-order valence-corrected chi connectivity index (χ3v) is 4.48. The normalized spacial score (nSPS) is 21.2. The third kappa shape index (κ3) is 4.44. The smallest absolute Gasteiger partial charge is 0.269 e. The molecule has 0 aliphatic carbocycles. The number of rotatable bonds is 5. The molecule has 2 aliphatic heterocycles. The van der Waals surface area contributed by atoms with Gasteiger partial charge in [-0.2, -0.15) is 0 Å². The number of nitrogens with zero attached hydrogens (tertiary/aromatic N) is 3. The number of hydrogen-bond donors (Lipinski definition) is 1. The van der Waals surface area contributed by atoms with E-state index in [0.717, 1.165) is 50.6 Å². The molecule has 1 aromatic rings. The Morgan fingerprint density at radius 3 is 2.67 bits per heavy atom. The molecule has 2 aliphatic rings. The zero-order chi connectivity index (χ0) is 16.8. The van der Waals surface area contributed by atoms with Crippen LogP contribution in [0.5, 0.6) is 0 Å². The summed E-state index contributed by atoms with van der Waals surface area (Å²) in [5, 5.41) is 14.2. The van der Waals surface area contributed by atoms with E-state index in [-0.39, 0.29) is 16.7 Å². The monoisotopic (exact) mass is 332 g/mol. The van der Waals surface area contributed by atoms with E-state index in [1.165, 1.54) is 25.0 Å². The number of likely N-dealkylation sites (tertiary alicyclic amines) is 1. The number of nitro groups is 1. The van der Waals surface area contributed by atoms with Crippen LogP contribution >= 0.6 is 0 Å². The van der Waals surface area contributed by atoms with E-state index >= 15 is 0 Å². The number of ether oxygens (including phenoxy) is 1. The summed E-state index contributed by atoms with van der Waals surface area (Å²) in [4.78, 5) is 17.3. The van der Waals surface area contributed by atoms with E-state index in [0.29, 0.717) is 6.54 Å². The van der Waals surface area contributed by atoms with Gasteiger partial charge >= 0.3 is 0 Å². The standard InChI is InChI=1S/C17H24N4O3/c22-21(23)15-7-5-14(6-8-15)12-18-17(20-9-1-2-10-20)19-13-16-4-3-11-24-16/h5-8,16H,1-4,9-13H2,(H,18,19). The first kappa shape index (κ1) is 16.7. The van der Waals surface area contributed by atoms with Crippen LogP contribution in [0, 0.1) is 10.1 Å². The lowest BCUT2D eigenvalue weighted by Crippen LogP contribution is -2.42. The van der Waals surface area contributed by atoms with E-state index in [1.807, 2.05) is 0 Å². The Kier molecular flexibility index (Phi) is 5.63. The van der Waals surface area contributed by atoms with Crippen LogP contribution in [0.15, 0.2) is 29.3 Å². The molecule has 0 saturated carbocycles. The van der Waals surface area contributed by atoms with E-state index in [1.54, 1.807) is 12.1 Å². The van der Waals surface area contributed by atoms with E-state index in [9.17, 15) is 10.1 Å². The van der Waals surface area contributed by atoms with E-state index < -0.39 is 0 Å². The van der Waals surface area contributed by atoms with Crippen LogP contribution in [0.4, 0.5) is 5.69 Å². The average molecular weight is 332 g/mol. The van der Waals surface area contributed by atoms with Gasteiger partial charge in [0.2, 0.25) is 0 Å². The lowest BCUT2D eigenvalue weighted by molar-refractivity contribution is -0.384. The van der Waals surface area contributed by atoms with Crippen LogP contribution in [0.2, 0.25) is 0 Å². The Bertz CT molecular complexity index is 576. The largest absolute Gasteiger partial charge is 0.376 e. The van der Waals surface area contributed by atoms with Crippen LogP contribution in [0.3, 0.4) is 0 Å². The first-order chi connectivity index (χ1) is 11.7. The number of nitro benzene ring substituents is 1. The zero-order valence-corrected chi connectivity index (χ0v) is 13.8. The van der Waals surface area contributed by atoms with Gasteiger partial charge in [-0.15, -0.1) is 0 Å². The molecule has 0 aromatic heterocycles. The number of hydrogen-bond acceptors (Lipinski definition) is 4. The van der Waals surface area contributed by atoms with Gasteiger partial charge < -0.3 is 15.0 Å². The quantitative estimate of drug-likeness (QED) is 0.387. The Labute approximate surface area is 141 Å². The zero-order valence-electron chi connectivity index (χ0n) is 13.8. The van der Waals surface area contributed by atoms with Crippen molar-refractivity contribution in [2.75, 3.05) is 26.2 Å². The number of guanidine groups is 1. The van der Waals surface area contributed by atoms with Crippen LogP contribution in [-0.2, 0) is 11.3 Å². The Hall–Kier alpha value is -2.15. The number of aliphatic imine (C=N–C) groups is 1. The molecule has 2 saturated heterocycles. The molecule has 0 bridgehead atoms. The van der Waals surface area contributed by atoms with Gasteiger partial charge in [0.15, 0.2) is 5.96 Å². The topological polar surface area (TPSA) is 80.0 Å². The fourth-order valence-electron chi connectivity index (χ4n) is 3.10. The van der Waals surface area contributed by atoms with Crippen molar-refractivity contribution in [1.82, 2.24) is 10.2 Å². The highest BCUT2D eigenvalue weighted by atomic mass is 16.6.